The molecule has 2 unspecified atom stereocenters. The highest BCUT2D eigenvalue weighted by Crippen LogP contribution is 2.45. The van der Waals surface area contributed by atoms with Crippen molar-refractivity contribution < 1.29 is 19.4 Å². The molecule has 0 aliphatic carbocycles. The summed E-state index contributed by atoms with van der Waals surface area (Å²) in [6, 6.07) is 7.78. The number of carbonyl (C=O) groups is 1. The fourth-order valence-electron chi connectivity index (χ4n) is 3.31. The number of carboxylic acid groups (broad SMARTS) is 1. The third kappa shape index (κ3) is 3.38. The number of methoxy groups -OCH3 is 1. The summed E-state index contributed by atoms with van der Waals surface area (Å²) in [5.41, 5.74) is 0.447. The van der Waals surface area contributed by atoms with Crippen molar-refractivity contribution in [1.29, 1.82) is 0 Å². The van der Waals surface area contributed by atoms with E-state index in [9.17, 15) is 9.90 Å². The Balaban J connectivity index is 2.38. The van der Waals surface area contributed by atoms with E-state index < -0.39 is 5.97 Å². The summed E-state index contributed by atoms with van der Waals surface area (Å²) in [6.07, 6.45) is 2.49. The van der Waals surface area contributed by atoms with Crippen LogP contribution in [-0.4, -0.2) is 30.4 Å². The second kappa shape index (κ2) is 6.06. The van der Waals surface area contributed by atoms with Crippen LogP contribution >= 0.6 is 0 Å². The highest BCUT2D eigenvalue weighted by Gasteiger charge is 2.44. The van der Waals surface area contributed by atoms with Gasteiger partial charge in [0.2, 0.25) is 0 Å². The molecule has 1 heterocycles. The third-order valence-corrected chi connectivity index (χ3v) is 4.68. The summed E-state index contributed by atoms with van der Waals surface area (Å²) >= 11 is 0. The first-order chi connectivity index (χ1) is 9.93. The molecule has 0 radical (unpaired) electrons. The van der Waals surface area contributed by atoms with Gasteiger partial charge >= 0.3 is 5.97 Å². The predicted molar refractivity (Wildman–Crippen MR) is 80.8 cm³/mol. The van der Waals surface area contributed by atoms with E-state index in [-0.39, 0.29) is 17.4 Å². The lowest BCUT2D eigenvalue weighted by molar-refractivity contribution is -0.143. The first-order valence-electron chi connectivity index (χ1n) is 7.43. The van der Waals surface area contributed by atoms with Gasteiger partial charge in [-0.25, -0.2) is 0 Å². The average molecular weight is 292 g/mol. The molecule has 1 fully saturated rings. The van der Waals surface area contributed by atoms with Crippen LogP contribution in [0.25, 0.3) is 0 Å². The minimum atomic E-state index is -0.758. The predicted octanol–water partition coefficient (Wildman–Crippen LogP) is 3.39. The summed E-state index contributed by atoms with van der Waals surface area (Å²) in [5.74, 6) is 0.0284. The molecule has 4 heteroatoms. The van der Waals surface area contributed by atoms with Crippen LogP contribution in [0.15, 0.2) is 24.3 Å². The van der Waals surface area contributed by atoms with Gasteiger partial charge in [0.05, 0.1) is 19.1 Å². The van der Waals surface area contributed by atoms with E-state index in [0.717, 1.165) is 30.6 Å². The lowest BCUT2D eigenvalue weighted by atomic mass is 9.66. The van der Waals surface area contributed by atoms with Crippen molar-refractivity contribution in [2.75, 3.05) is 13.7 Å². The Kier molecular flexibility index (Phi) is 4.57. The van der Waals surface area contributed by atoms with Gasteiger partial charge in [-0.1, -0.05) is 19.1 Å². The molecule has 21 heavy (non-hydrogen) atoms. The Hall–Kier alpha value is -1.55. The van der Waals surface area contributed by atoms with Crippen LogP contribution in [0, 0.1) is 0 Å². The van der Waals surface area contributed by atoms with Crippen LogP contribution in [0.5, 0.6) is 5.75 Å². The van der Waals surface area contributed by atoms with Crippen molar-refractivity contribution in [3.05, 3.63) is 29.8 Å². The molecule has 1 N–H and O–H groups in total. The van der Waals surface area contributed by atoms with Crippen molar-refractivity contribution in [1.82, 2.24) is 0 Å². The van der Waals surface area contributed by atoms with Gasteiger partial charge in [-0.05, 0) is 43.9 Å². The lowest BCUT2D eigenvalue weighted by Crippen LogP contribution is -2.46. The summed E-state index contributed by atoms with van der Waals surface area (Å²) in [5, 5.41) is 9.37. The third-order valence-electron chi connectivity index (χ3n) is 4.68. The Morgan fingerprint density at radius 2 is 2.05 bits per heavy atom. The largest absolute Gasteiger partial charge is 0.497 e. The first kappa shape index (κ1) is 15.8. The van der Waals surface area contributed by atoms with Crippen molar-refractivity contribution in [3.8, 4) is 5.75 Å². The van der Waals surface area contributed by atoms with E-state index in [0.29, 0.717) is 6.61 Å². The van der Waals surface area contributed by atoms with E-state index in [4.69, 9.17) is 9.47 Å². The number of hydrogen-bond donors (Lipinski definition) is 1. The Morgan fingerprint density at radius 3 is 2.57 bits per heavy atom. The molecule has 2 rings (SSSR count). The molecule has 0 bridgehead atoms. The topological polar surface area (TPSA) is 55.8 Å². The van der Waals surface area contributed by atoms with Gasteiger partial charge in [0.1, 0.15) is 5.75 Å². The van der Waals surface area contributed by atoms with E-state index in [2.05, 4.69) is 13.8 Å². The molecule has 0 amide bonds. The van der Waals surface area contributed by atoms with E-state index in [1.54, 1.807) is 7.11 Å². The highest BCUT2D eigenvalue weighted by molar-refractivity contribution is 5.69. The highest BCUT2D eigenvalue weighted by atomic mass is 16.5. The van der Waals surface area contributed by atoms with Gasteiger partial charge < -0.3 is 14.6 Å². The number of benzene rings is 1. The van der Waals surface area contributed by atoms with Gasteiger partial charge in [0, 0.05) is 12.0 Å². The molecule has 1 saturated heterocycles. The molecule has 1 aliphatic heterocycles. The molecule has 0 saturated carbocycles. The molecule has 4 nitrogen and oxygen atoms in total. The number of ether oxygens (including phenoxy) is 2. The maximum atomic E-state index is 11.4. The van der Waals surface area contributed by atoms with Crippen LogP contribution in [0.4, 0.5) is 0 Å². The van der Waals surface area contributed by atoms with Gasteiger partial charge in [-0.15, -0.1) is 0 Å². The SMILES string of the molecule is CCC1(C)CC(CC(=O)O)(c2ccc(OC)cc2)CCO1. The molecular formula is C17H24O4. The lowest BCUT2D eigenvalue weighted by Gasteiger charge is -2.46. The van der Waals surface area contributed by atoms with Crippen molar-refractivity contribution >= 4 is 5.97 Å². The fraction of sp³-hybridized carbons (Fsp3) is 0.588. The van der Waals surface area contributed by atoms with Gasteiger partial charge in [0.25, 0.3) is 0 Å². The minimum Gasteiger partial charge on any atom is -0.497 e. The molecule has 0 spiro atoms. The Morgan fingerprint density at radius 1 is 1.38 bits per heavy atom. The molecule has 0 aromatic heterocycles. The van der Waals surface area contributed by atoms with Crippen LogP contribution in [0.1, 0.15) is 45.1 Å². The van der Waals surface area contributed by atoms with Crippen LogP contribution in [0.3, 0.4) is 0 Å². The van der Waals surface area contributed by atoms with Crippen LogP contribution in [-0.2, 0) is 14.9 Å². The molecular weight excluding hydrogens is 268 g/mol. The summed E-state index contributed by atoms with van der Waals surface area (Å²) in [4.78, 5) is 11.4. The molecule has 2 atom stereocenters. The summed E-state index contributed by atoms with van der Waals surface area (Å²) in [6.45, 7) is 4.76. The number of hydrogen-bond acceptors (Lipinski definition) is 3. The zero-order valence-electron chi connectivity index (χ0n) is 13.0. The maximum Gasteiger partial charge on any atom is 0.304 e. The van der Waals surface area contributed by atoms with Crippen LogP contribution < -0.4 is 4.74 Å². The standard InChI is InChI=1S/C17H24O4/c1-4-16(2)12-17(9-10-21-16,11-15(18)19)13-5-7-14(20-3)8-6-13/h5-8H,4,9-12H2,1-3H3,(H,18,19). The molecule has 1 aliphatic rings. The first-order valence-corrected chi connectivity index (χ1v) is 7.43. The maximum absolute atomic E-state index is 11.4. The van der Waals surface area contributed by atoms with E-state index in [1.807, 2.05) is 24.3 Å². The zero-order valence-corrected chi connectivity index (χ0v) is 13.0. The summed E-state index contributed by atoms with van der Waals surface area (Å²) in [7, 11) is 1.63. The second-order valence-electron chi connectivity index (χ2n) is 6.16. The zero-order chi connectivity index (χ0) is 15.5. The molecule has 116 valence electrons. The number of rotatable bonds is 5. The van der Waals surface area contributed by atoms with Gasteiger partial charge in [0.15, 0.2) is 0 Å². The normalized spacial score (nSPS) is 29.1. The average Bonchev–Trinajstić information content (AvgIpc) is 2.47. The number of carboxylic acids is 1. The van der Waals surface area contributed by atoms with Crippen molar-refractivity contribution in [3.63, 3.8) is 0 Å². The Bertz CT molecular complexity index is 496. The number of aliphatic carboxylic acids is 1. The molecule has 1 aromatic carbocycles. The van der Waals surface area contributed by atoms with Crippen LogP contribution in [0.2, 0.25) is 0 Å². The van der Waals surface area contributed by atoms with E-state index >= 15 is 0 Å². The van der Waals surface area contributed by atoms with Crippen molar-refractivity contribution in [2.24, 2.45) is 0 Å². The van der Waals surface area contributed by atoms with Gasteiger partial charge in [-0.3, -0.25) is 4.79 Å². The van der Waals surface area contributed by atoms with Crippen molar-refractivity contribution in [2.45, 2.75) is 50.5 Å². The summed E-state index contributed by atoms with van der Waals surface area (Å²) < 4.78 is 11.1. The fourth-order valence-corrected chi connectivity index (χ4v) is 3.31. The Labute approximate surface area is 126 Å². The minimum absolute atomic E-state index is 0.137. The quantitative estimate of drug-likeness (QED) is 0.904. The second-order valence-corrected chi connectivity index (χ2v) is 6.16. The van der Waals surface area contributed by atoms with Gasteiger partial charge in [-0.2, -0.15) is 0 Å². The smallest absolute Gasteiger partial charge is 0.304 e. The monoisotopic (exact) mass is 292 g/mol. The van der Waals surface area contributed by atoms with E-state index in [1.165, 1.54) is 0 Å². The molecule has 1 aromatic rings.